The molecule has 0 radical (unpaired) electrons. The van der Waals surface area contributed by atoms with Gasteiger partial charge in [-0.1, -0.05) is 42.5 Å². The van der Waals surface area contributed by atoms with E-state index >= 15 is 0 Å². The monoisotopic (exact) mass is 481 g/mol. The number of sulfonamides is 1. The molecule has 0 fully saturated rings. The summed E-state index contributed by atoms with van der Waals surface area (Å²) in [5.41, 5.74) is 1.55. The molecule has 0 atom stereocenters. The standard InChI is InChI=1S/C24H23N3O4S2/c1-2-31-22-10-6-5-9-20(22)21-16-32-24(26-21)27-23(28)13-14-25-33(29,30)19-12-11-17-7-3-4-8-18(17)15-19/h3-12,15-16,25H,2,13-14H2,1H3,(H,26,27,28). The number of nitrogens with one attached hydrogen (secondary N) is 2. The van der Waals surface area contributed by atoms with E-state index in [1.807, 2.05) is 60.8 Å². The van der Waals surface area contributed by atoms with Crippen molar-refractivity contribution in [1.29, 1.82) is 0 Å². The van der Waals surface area contributed by atoms with Gasteiger partial charge in [0.15, 0.2) is 5.13 Å². The number of hydrogen-bond donors (Lipinski definition) is 2. The third kappa shape index (κ3) is 5.57. The molecule has 4 aromatic rings. The Bertz CT molecular complexity index is 1380. The first-order valence-corrected chi connectivity index (χ1v) is 12.8. The molecule has 2 N–H and O–H groups in total. The maximum atomic E-state index is 12.6. The van der Waals surface area contributed by atoms with E-state index in [0.717, 1.165) is 22.1 Å². The topological polar surface area (TPSA) is 97.4 Å². The van der Waals surface area contributed by atoms with Crippen molar-refractivity contribution in [2.75, 3.05) is 18.5 Å². The first kappa shape index (κ1) is 22.9. The summed E-state index contributed by atoms with van der Waals surface area (Å²) in [6, 6.07) is 20.1. The summed E-state index contributed by atoms with van der Waals surface area (Å²) in [5.74, 6) is 0.404. The van der Waals surface area contributed by atoms with Crippen molar-refractivity contribution < 1.29 is 17.9 Å². The Morgan fingerprint density at radius 2 is 1.79 bits per heavy atom. The van der Waals surface area contributed by atoms with Gasteiger partial charge in [-0.15, -0.1) is 11.3 Å². The molecular weight excluding hydrogens is 458 g/mol. The number of amides is 1. The lowest BCUT2D eigenvalue weighted by atomic mass is 10.1. The van der Waals surface area contributed by atoms with Crippen molar-refractivity contribution in [1.82, 2.24) is 9.71 Å². The lowest BCUT2D eigenvalue weighted by molar-refractivity contribution is -0.116. The Morgan fingerprint density at radius 1 is 1.03 bits per heavy atom. The van der Waals surface area contributed by atoms with Crippen LogP contribution in [-0.4, -0.2) is 32.5 Å². The summed E-state index contributed by atoms with van der Waals surface area (Å²) in [7, 11) is -3.72. The van der Waals surface area contributed by atoms with E-state index in [2.05, 4.69) is 15.0 Å². The van der Waals surface area contributed by atoms with Crippen LogP contribution in [0.3, 0.4) is 0 Å². The summed E-state index contributed by atoms with van der Waals surface area (Å²) in [4.78, 5) is 17.0. The van der Waals surface area contributed by atoms with Gasteiger partial charge in [0.25, 0.3) is 0 Å². The van der Waals surface area contributed by atoms with Crippen LogP contribution in [0.5, 0.6) is 5.75 Å². The molecule has 33 heavy (non-hydrogen) atoms. The maximum Gasteiger partial charge on any atom is 0.240 e. The summed E-state index contributed by atoms with van der Waals surface area (Å²) in [6.45, 7) is 2.43. The van der Waals surface area contributed by atoms with Crippen molar-refractivity contribution in [2.45, 2.75) is 18.2 Å². The summed E-state index contributed by atoms with van der Waals surface area (Å²) in [6.07, 6.45) is -0.0166. The zero-order valence-electron chi connectivity index (χ0n) is 17.9. The van der Waals surface area contributed by atoms with Gasteiger partial charge in [0.1, 0.15) is 5.75 Å². The van der Waals surface area contributed by atoms with Gasteiger partial charge in [-0.2, -0.15) is 0 Å². The minimum Gasteiger partial charge on any atom is -0.493 e. The van der Waals surface area contributed by atoms with Crippen molar-refractivity contribution >= 4 is 43.2 Å². The molecule has 0 aliphatic heterocycles. The van der Waals surface area contributed by atoms with Crippen LogP contribution < -0.4 is 14.8 Å². The van der Waals surface area contributed by atoms with Gasteiger partial charge in [0.05, 0.1) is 17.2 Å². The van der Waals surface area contributed by atoms with Gasteiger partial charge in [0, 0.05) is 23.9 Å². The molecule has 3 aromatic carbocycles. The second kappa shape index (κ2) is 10.1. The van der Waals surface area contributed by atoms with Crippen molar-refractivity contribution in [3.8, 4) is 17.0 Å². The number of aromatic nitrogens is 1. The highest BCUT2D eigenvalue weighted by Gasteiger charge is 2.16. The molecule has 0 spiro atoms. The molecule has 1 amide bonds. The van der Waals surface area contributed by atoms with Gasteiger partial charge >= 0.3 is 0 Å². The minimum atomic E-state index is -3.72. The van der Waals surface area contributed by atoms with Crippen LogP contribution in [-0.2, 0) is 14.8 Å². The SMILES string of the molecule is CCOc1ccccc1-c1csc(NC(=O)CCNS(=O)(=O)c2ccc3ccccc3c2)n1. The number of benzene rings is 3. The smallest absolute Gasteiger partial charge is 0.240 e. The molecule has 0 aliphatic carbocycles. The third-order valence-electron chi connectivity index (χ3n) is 4.89. The van der Waals surface area contributed by atoms with Gasteiger partial charge in [-0.05, 0) is 42.0 Å². The average Bonchev–Trinajstić information content (AvgIpc) is 3.27. The van der Waals surface area contributed by atoms with Crippen LogP contribution in [0.15, 0.2) is 77.0 Å². The average molecular weight is 482 g/mol. The second-order valence-electron chi connectivity index (χ2n) is 7.17. The number of hydrogen-bond acceptors (Lipinski definition) is 6. The van der Waals surface area contributed by atoms with Crippen LogP contribution in [0.4, 0.5) is 5.13 Å². The van der Waals surface area contributed by atoms with Crippen LogP contribution in [0.25, 0.3) is 22.0 Å². The van der Waals surface area contributed by atoms with E-state index in [-0.39, 0.29) is 23.8 Å². The molecule has 0 saturated carbocycles. The number of carbonyl (C=O) groups excluding carboxylic acids is 1. The molecular formula is C24H23N3O4S2. The molecule has 0 saturated heterocycles. The zero-order chi connectivity index (χ0) is 23.3. The maximum absolute atomic E-state index is 12.6. The number of anilines is 1. The minimum absolute atomic E-state index is 0.0166. The third-order valence-corrected chi connectivity index (χ3v) is 7.11. The second-order valence-corrected chi connectivity index (χ2v) is 9.80. The number of ether oxygens (including phenoxy) is 1. The highest BCUT2D eigenvalue weighted by atomic mass is 32.2. The highest BCUT2D eigenvalue weighted by Crippen LogP contribution is 2.32. The largest absolute Gasteiger partial charge is 0.493 e. The summed E-state index contributed by atoms with van der Waals surface area (Å²) >= 11 is 1.30. The van der Waals surface area contributed by atoms with E-state index in [1.54, 1.807) is 18.2 Å². The zero-order valence-corrected chi connectivity index (χ0v) is 19.6. The van der Waals surface area contributed by atoms with Gasteiger partial charge in [-0.25, -0.2) is 18.1 Å². The van der Waals surface area contributed by atoms with Crippen molar-refractivity contribution in [2.24, 2.45) is 0 Å². The first-order valence-electron chi connectivity index (χ1n) is 10.4. The molecule has 0 bridgehead atoms. The predicted molar refractivity (Wildman–Crippen MR) is 131 cm³/mol. The van der Waals surface area contributed by atoms with Crippen LogP contribution in [0.1, 0.15) is 13.3 Å². The number of fused-ring (bicyclic) bond motifs is 1. The van der Waals surface area contributed by atoms with Gasteiger partial charge in [-0.3, -0.25) is 4.79 Å². The van der Waals surface area contributed by atoms with Crippen LogP contribution >= 0.6 is 11.3 Å². The molecule has 0 aliphatic rings. The van der Waals surface area contributed by atoms with Crippen molar-refractivity contribution in [3.63, 3.8) is 0 Å². The molecule has 1 heterocycles. The number of rotatable bonds is 9. The number of carbonyl (C=O) groups is 1. The summed E-state index contributed by atoms with van der Waals surface area (Å²) in [5, 5.41) is 6.81. The molecule has 0 unspecified atom stereocenters. The molecule has 7 nitrogen and oxygen atoms in total. The number of thiazole rings is 1. The molecule has 1 aromatic heterocycles. The Labute approximate surface area is 196 Å². The Balaban J connectivity index is 1.34. The Morgan fingerprint density at radius 3 is 2.61 bits per heavy atom. The lowest BCUT2D eigenvalue weighted by Gasteiger charge is -2.08. The van der Waals surface area contributed by atoms with E-state index in [4.69, 9.17) is 4.74 Å². The highest BCUT2D eigenvalue weighted by molar-refractivity contribution is 7.89. The fourth-order valence-electron chi connectivity index (χ4n) is 3.31. The van der Waals surface area contributed by atoms with E-state index in [0.29, 0.717) is 17.4 Å². The van der Waals surface area contributed by atoms with Crippen molar-refractivity contribution in [3.05, 3.63) is 72.1 Å². The predicted octanol–water partition coefficient (Wildman–Crippen LogP) is 4.67. The first-order chi connectivity index (χ1) is 16.0. The molecule has 9 heteroatoms. The fourth-order valence-corrected chi connectivity index (χ4v) is 5.11. The molecule has 170 valence electrons. The lowest BCUT2D eigenvalue weighted by Crippen LogP contribution is -2.27. The van der Waals surface area contributed by atoms with Gasteiger partial charge < -0.3 is 10.1 Å². The Hall–Kier alpha value is -3.27. The van der Waals surface area contributed by atoms with E-state index in [1.165, 1.54) is 11.3 Å². The van der Waals surface area contributed by atoms with Crippen LogP contribution in [0.2, 0.25) is 0 Å². The quantitative estimate of drug-likeness (QED) is 0.362. The van der Waals surface area contributed by atoms with Crippen LogP contribution in [0, 0.1) is 0 Å². The molecule has 4 rings (SSSR count). The van der Waals surface area contributed by atoms with E-state index < -0.39 is 10.0 Å². The normalized spacial score (nSPS) is 11.4. The van der Waals surface area contributed by atoms with E-state index in [9.17, 15) is 13.2 Å². The number of para-hydroxylation sites is 1. The number of nitrogens with zero attached hydrogens (tertiary/aromatic N) is 1. The summed E-state index contributed by atoms with van der Waals surface area (Å²) < 4.78 is 33.3. The fraction of sp³-hybridized carbons (Fsp3) is 0.167. The van der Waals surface area contributed by atoms with Gasteiger partial charge in [0.2, 0.25) is 15.9 Å². The Kier molecular flexibility index (Phi) is 7.02.